The minimum atomic E-state index is -0.410. The number of imidazole rings is 2. The van der Waals surface area contributed by atoms with E-state index < -0.39 is 22.5 Å². The Hall–Kier alpha value is -3.78. The standard InChI is InChI=1S/2C9H12N4O3/c2*1-11-7-6(8(15)12(2)9(11)16)13(3-4-14)5-10-7/h2*5,14H,3-4H2,1-2H3. The highest BCUT2D eigenvalue weighted by molar-refractivity contribution is 5.70. The van der Waals surface area contributed by atoms with Crippen molar-refractivity contribution in [3.63, 3.8) is 0 Å². The smallest absolute Gasteiger partial charge is 0.332 e. The Morgan fingerprint density at radius 1 is 0.656 bits per heavy atom. The number of fused-ring (bicyclic) bond motifs is 2. The van der Waals surface area contributed by atoms with Crippen molar-refractivity contribution >= 4 is 22.3 Å². The molecule has 172 valence electrons. The number of aliphatic hydroxyl groups is 2. The van der Waals surface area contributed by atoms with E-state index in [4.69, 9.17) is 10.2 Å². The van der Waals surface area contributed by atoms with E-state index in [-0.39, 0.29) is 26.3 Å². The first-order valence-electron chi connectivity index (χ1n) is 9.59. The van der Waals surface area contributed by atoms with Crippen molar-refractivity contribution in [1.29, 1.82) is 0 Å². The number of rotatable bonds is 4. The lowest BCUT2D eigenvalue weighted by molar-refractivity contribution is 0.277. The summed E-state index contributed by atoms with van der Waals surface area (Å²) in [7, 11) is 5.95. The van der Waals surface area contributed by atoms with Gasteiger partial charge in [0, 0.05) is 41.3 Å². The fraction of sp³-hybridized carbons (Fsp3) is 0.444. The Labute approximate surface area is 179 Å². The molecule has 4 aromatic rings. The molecule has 0 fully saturated rings. The molecule has 0 saturated heterocycles. The maximum Gasteiger partial charge on any atom is 0.332 e. The average molecular weight is 448 g/mol. The topological polar surface area (TPSA) is 164 Å². The zero-order valence-corrected chi connectivity index (χ0v) is 18.1. The first-order valence-corrected chi connectivity index (χ1v) is 9.59. The molecule has 0 amide bonds. The monoisotopic (exact) mass is 448 g/mol. The van der Waals surface area contributed by atoms with Crippen molar-refractivity contribution in [2.24, 2.45) is 28.2 Å². The highest BCUT2D eigenvalue weighted by atomic mass is 16.3. The highest BCUT2D eigenvalue weighted by Crippen LogP contribution is 2.05. The molecular weight excluding hydrogens is 424 g/mol. The van der Waals surface area contributed by atoms with E-state index in [1.165, 1.54) is 45.0 Å². The van der Waals surface area contributed by atoms with E-state index in [1.54, 1.807) is 14.1 Å². The van der Waals surface area contributed by atoms with Gasteiger partial charge in [-0.2, -0.15) is 0 Å². The number of aliphatic hydroxyl groups excluding tert-OH is 2. The molecule has 0 radical (unpaired) electrons. The molecule has 4 rings (SSSR count). The van der Waals surface area contributed by atoms with Gasteiger partial charge in [-0.15, -0.1) is 0 Å². The Morgan fingerprint density at radius 3 is 1.31 bits per heavy atom. The summed E-state index contributed by atoms with van der Waals surface area (Å²) in [6.07, 6.45) is 2.89. The molecule has 0 unspecified atom stereocenters. The zero-order chi connectivity index (χ0) is 23.7. The van der Waals surface area contributed by atoms with Gasteiger partial charge in [0.15, 0.2) is 22.3 Å². The quantitative estimate of drug-likeness (QED) is 0.330. The lowest BCUT2D eigenvalue weighted by Gasteiger charge is -2.04. The first kappa shape index (κ1) is 22.9. The van der Waals surface area contributed by atoms with E-state index in [0.29, 0.717) is 22.3 Å². The zero-order valence-electron chi connectivity index (χ0n) is 18.1. The molecule has 2 N–H and O–H groups in total. The van der Waals surface area contributed by atoms with Crippen LogP contribution in [0, 0.1) is 0 Å². The first-order chi connectivity index (χ1) is 15.1. The van der Waals surface area contributed by atoms with E-state index >= 15 is 0 Å². The molecule has 0 aromatic carbocycles. The molecule has 14 heteroatoms. The van der Waals surface area contributed by atoms with Crippen molar-refractivity contribution in [1.82, 2.24) is 37.4 Å². The maximum absolute atomic E-state index is 11.9. The summed E-state index contributed by atoms with van der Waals surface area (Å²) in [5.41, 5.74) is -0.285. The summed E-state index contributed by atoms with van der Waals surface area (Å²) in [5.74, 6) is 0. The molecule has 4 aromatic heterocycles. The van der Waals surface area contributed by atoms with Crippen LogP contribution in [0.15, 0.2) is 31.8 Å². The number of aryl methyl sites for hydroxylation is 2. The third kappa shape index (κ3) is 3.58. The third-order valence-corrected chi connectivity index (χ3v) is 5.12. The SMILES string of the molecule is Cn1c(=O)c2c(ncn2CCO)n(C)c1=O.Cn1c(=O)c2c(ncn2CCO)n(C)c1=O. The van der Waals surface area contributed by atoms with Gasteiger partial charge in [-0.05, 0) is 0 Å². The van der Waals surface area contributed by atoms with Gasteiger partial charge >= 0.3 is 11.4 Å². The lowest BCUT2D eigenvalue weighted by atomic mass is 10.5. The van der Waals surface area contributed by atoms with Crippen LogP contribution in [0.2, 0.25) is 0 Å². The molecule has 0 aliphatic heterocycles. The van der Waals surface area contributed by atoms with Crippen molar-refractivity contribution < 1.29 is 10.2 Å². The molecule has 0 aliphatic carbocycles. The van der Waals surface area contributed by atoms with Crippen LogP contribution in [0.25, 0.3) is 22.3 Å². The summed E-state index contributed by atoms with van der Waals surface area (Å²) >= 11 is 0. The maximum atomic E-state index is 11.9. The minimum absolute atomic E-state index is 0.0859. The van der Waals surface area contributed by atoms with Crippen LogP contribution in [-0.2, 0) is 41.3 Å². The molecular formula is C18H24N8O6. The van der Waals surface area contributed by atoms with Crippen LogP contribution in [0.3, 0.4) is 0 Å². The summed E-state index contributed by atoms with van der Waals surface area (Å²) in [6, 6.07) is 0. The largest absolute Gasteiger partial charge is 0.395 e. The van der Waals surface area contributed by atoms with Crippen LogP contribution >= 0.6 is 0 Å². The second-order valence-corrected chi connectivity index (χ2v) is 7.08. The Balaban J connectivity index is 0.000000181. The summed E-state index contributed by atoms with van der Waals surface area (Å²) < 4.78 is 7.75. The van der Waals surface area contributed by atoms with Gasteiger partial charge in [-0.1, -0.05) is 0 Å². The second kappa shape index (κ2) is 8.76. The van der Waals surface area contributed by atoms with Crippen LogP contribution in [0.4, 0.5) is 0 Å². The Kier molecular flexibility index (Phi) is 6.27. The number of nitrogens with zero attached hydrogens (tertiary/aromatic N) is 8. The molecule has 14 nitrogen and oxygen atoms in total. The van der Waals surface area contributed by atoms with Gasteiger partial charge in [-0.25, -0.2) is 19.6 Å². The van der Waals surface area contributed by atoms with Gasteiger partial charge in [-0.3, -0.25) is 27.9 Å². The van der Waals surface area contributed by atoms with Crippen LogP contribution < -0.4 is 22.5 Å². The average Bonchev–Trinajstić information content (AvgIpc) is 3.39. The summed E-state index contributed by atoms with van der Waals surface area (Å²) in [6.45, 7) is 0.392. The predicted molar refractivity (Wildman–Crippen MR) is 115 cm³/mol. The fourth-order valence-corrected chi connectivity index (χ4v) is 3.35. The van der Waals surface area contributed by atoms with Crippen molar-refractivity contribution in [2.45, 2.75) is 13.1 Å². The van der Waals surface area contributed by atoms with Crippen molar-refractivity contribution in [2.75, 3.05) is 13.2 Å². The van der Waals surface area contributed by atoms with Gasteiger partial charge < -0.3 is 19.3 Å². The summed E-state index contributed by atoms with van der Waals surface area (Å²) in [4.78, 5) is 54.9. The van der Waals surface area contributed by atoms with E-state index in [0.717, 1.165) is 9.13 Å². The van der Waals surface area contributed by atoms with Gasteiger partial charge in [0.25, 0.3) is 11.1 Å². The molecule has 0 saturated carbocycles. The van der Waals surface area contributed by atoms with E-state index in [2.05, 4.69) is 9.97 Å². The molecule has 4 heterocycles. The highest BCUT2D eigenvalue weighted by Gasteiger charge is 2.14. The number of aromatic nitrogens is 8. The second-order valence-electron chi connectivity index (χ2n) is 7.08. The fourth-order valence-electron chi connectivity index (χ4n) is 3.35. The lowest BCUT2D eigenvalue weighted by Crippen LogP contribution is -2.37. The molecule has 0 bridgehead atoms. The Morgan fingerprint density at radius 2 is 1.00 bits per heavy atom. The van der Waals surface area contributed by atoms with Gasteiger partial charge in [0.1, 0.15) is 0 Å². The van der Waals surface area contributed by atoms with E-state index in [1.807, 2.05) is 0 Å². The van der Waals surface area contributed by atoms with Crippen molar-refractivity contribution in [3.05, 3.63) is 54.3 Å². The normalized spacial score (nSPS) is 11.2. The third-order valence-electron chi connectivity index (χ3n) is 5.12. The number of hydrogen-bond donors (Lipinski definition) is 2. The van der Waals surface area contributed by atoms with Crippen LogP contribution in [-0.4, -0.2) is 60.8 Å². The van der Waals surface area contributed by atoms with Crippen molar-refractivity contribution in [3.8, 4) is 0 Å². The predicted octanol–water partition coefficient (Wildman–Crippen LogP) is -3.15. The van der Waals surface area contributed by atoms with Gasteiger partial charge in [0.2, 0.25) is 0 Å². The minimum Gasteiger partial charge on any atom is -0.395 e. The van der Waals surface area contributed by atoms with Crippen LogP contribution in [0.1, 0.15) is 0 Å². The molecule has 0 spiro atoms. The van der Waals surface area contributed by atoms with Gasteiger partial charge in [0.05, 0.1) is 25.9 Å². The van der Waals surface area contributed by atoms with Crippen LogP contribution in [0.5, 0.6) is 0 Å². The molecule has 32 heavy (non-hydrogen) atoms. The van der Waals surface area contributed by atoms with E-state index in [9.17, 15) is 19.2 Å². The number of hydrogen-bond acceptors (Lipinski definition) is 8. The summed E-state index contributed by atoms with van der Waals surface area (Å²) in [5, 5.41) is 17.7. The molecule has 0 aliphatic rings. The molecule has 0 atom stereocenters. The Bertz CT molecular complexity index is 1410.